The van der Waals surface area contributed by atoms with Gasteiger partial charge in [-0.1, -0.05) is 12.2 Å². The molecule has 0 aliphatic heterocycles. The van der Waals surface area contributed by atoms with Crippen molar-refractivity contribution in [3.8, 4) is 0 Å². The fourth-order valence-electron chi connectivity index (χ4n) is 1.40. The number of nitrogens with two attached hydrogens (primary N) is 1. The Morgan fingerprint density at radius 3 is 2.89 bits per heavy atom. The first-order valence-electron chi connectivity index (χ1n) is 5.59. The molecular weight excluding hydrogens is 264 g/mol. The minimum Gasteiger partial charge on any atom is -0.388 e. The Morgan fingerprint density at radius 1 is 1.42 bits per heavy atom. The van der Waals surface area contributed by atoms with Crippen LogP contribution in [0.2, 0.25) is 0 Å². The molecule has 100 valence electrons. The summed E-state index contributed by atoms with van der Waals surface area (Å²) in [6.07, 6.45) is 6.67. The van der Waals surface area contributed by atoms with Gasteiger partial charge in [-0.2, -0.15) is 5.10 Å². The van der Waals surface area contributed by atoms with Crippen molar-refractivity contribution in [3.63, 3.8) is 0 Å². The first-order valence-corrected chi connectivity index (χ1v) is 6.00. The summed E-state index contributed by atoms with van der Waals surface area (Å²) in [5.41, 5.74) is 6.77. The van der Waals surface area contributed by atoms with E-state index in [1.54, 1.807) is 24.2 Å². The van der Waals surface area contributed by atoms with Gasteiger partial charge < -0.3 is 15.8 Å². The maximum Gasteiger partial charge on any atom is 0.148 e. The van der Waals surface area contributed by atoms with Crippen LogP contribution in [0.1, 0.15) is 5.69 Å². The van der Waals surface area contributed by atoms with E-state index in [4.69, 9.17) is 22.7 Å². The van der Waals surface area contributed by atoms with Crippen molar-refractivity contribution in [1.29, 1.82) is 0 Å². The second-order valence-electron chi connectivity index (χ2n) is 3.76. The Balaban J connectivity index is 2.00. The highest BCUT2D eigenvalue weighted by Crippen LogP contribution is 2.12. The molecule has 0 bridgehead atoms. The second-order valence-corrected chi connectivity index (χ2v) is 4.20. The third-order valence-electron chi connectivity index (χ3n) is 2.33. The number of anilines is 2. The van der Waals surface area contributed by atoms with Gasteiger partial charge in [-0.05, 0) is 0 Å². The monoisotopic (exact) mass is 278 g/mol. The zero-order valence-electron chi connectivity index (χ0n) is 10.4. The molecule has 0 amide bonds. The molecule has 0 aromatic carbocycles. The predicted molar refractivity (Wildman–Crippen MR) is 75.3 cm³/mol. The lowest BCUT2D eigenvalue weighted by molar-refractivity contribution is 0.183. The van der Waals surface area contributed by atoms with Crippen molar-refractivity contribution in [2.75, 3.05) is 19.0 Å². The standard InChI is InChI=1S/C11H14N6OS/c1-18-3-2-17-7-8(4-15-17)16-10-6-13-9(5-14-10)11(12)19/h4-7H,2-3H2,1H3,(H2,12,19)(H,14,16). The van der Waals surface area contributed by atoms with E-state index >= 15 is 0 Å². The first-order chi connectivity index (χ1) is 9.19. The minimum atomic E-state index is 0.228. The molecule has 3 N–H and O–H groups in total. The molecule has 19 heavy (non-hydrogen) atoms. The van der Waals surface area contributed by atoms with Gasteiger partial charge >= 0.3 is 0 Å². The molecule has 0 spiro atoms. The number of nitrogens with one attached hydrogen (secondary N) is 1. The van der Waals surface area contributed by atoms with E-state index in [1.807, 2.05) is 6.20 Å². The normalized spacial score (nSPS) is 10.4. The molecule has 0 aliphatic rings. The maximum atomic E-state index is 5.45. The van der Waals surface area contributed by atoms with Gasteiger partial charge in [0.25, 0.3) is 0 Å². The molecular formula is C11H14N6OS. The molecule has 0 saturated heterocycles. The van der Waals surface area contributed by atoms with E-state index in [-0.39, 0.29) is 4.99 Å². The molecule has 0 radical (unpaired) electrons. The van der Waals surface area contributed by atoms with Crippen molar-refractivity contribution in [3.05, 3.63) is 30.5 Å². The topological polar surface area (TPSA) is 90.9 Å². The maximum absolute atomic E-state index is 5.45. The zero-order valence-corrected chi connectivity index (χ0v) is 11.2. The summed E-state index contributed by atoms with van der Waals surface area (Å²) in [7, 11) is 1.65. The smallest absolute Gasteiger partial charge is 0.148 e. The summed E-state index contributed by atoms with van der Waals surface area (Å²) in [4.78, 5) is 8.48. The summed E-state index contributed by atoms with van der Waals surface area (Å²) in [5.74, 6) is 0.603. The van der Waals surface area contributed by atoms with Gasteiger partial charge in [0.1, 0.15) is 16.5 Å². The van der Waals surface area contributed by atoms with Gasteiger partial charge in [-0.15, -0.1) is 0 Å². The minimum absolute atomic E-state index is 0.228. The summed E-state index contributed by atoms with van der Waals surface area (Å²) in [5, 5.41) is 7.27. The Kier molecular flexibility index (Phi) is 4.37. The van der Waals surface area contributed by atoms with Crippen LogP contribution in [0.15, 0.2) is 24.8 Å². The number of hydrogen-bond acceptors (Lipinski definition) is 6. The summed E-state index contributed by atoms with van der Waals surface area (Å²) in [6, 6.07) is 0. The van der Waals surface area contributed by atoms with Crippen molar-refractivity contribution < 1.29 is 4.74 Å². The van der Waals surface area contributed by atoms with Crippen LogP contribution < -0.4 is 11.1 Å². The fourth-order valence-corrected chi connectivity index (χ4v) is 1.51. The Labute approximate surface area is 115 Å². The van der Waals surface area contributed by atoms with Gasteiger partial charge in [-0.3, -0.25) is 4.68 Å². The molecule has 0 fully saturated rings. The van der Waals surface area contributed by atoms with E-state index in [0.717, 1.165) is 5.69 Å². The Hall–Kier alpha value is -2.06. The molecule has 0 saturated carbocycles. The average Bonchev–Trinajstić information content (AvgIpc) is 2.84. The highest BCUT2D eigenvalue weighted by molar-refractivity contribution is 7.80. The van der Waals surface area contributed by atoms with Crippen molar-refractivity contribution in [2.45, 2.75) is 6.54 Å². The van der Waals surface area contributed by atoms with Crippen LogP contribution in [-0.2, 0) is 11.3 Å². The SMILES string of the molecule is COCCn1cc(Nc2cnc(C(N)=S)cn2)cn1. The van der Waals surface area contributed by atoms with E-state index in [0.29, 0.717) is 24.7 Å². The average molecular weight is 278 g/mol. The largest absolute Gasteiger partial charge is 0.388 e. The Morgan fingerprint density at radius 2 is 2.26 bits per heavy atom. The van der Waals surface area contributed by atoms with Gasteiger partial charge in [0.05, 0.1) is 37.4 Å². The van der Waals surface area contributed by atoms with Crippen molar-refractivity contribution in [1.82, 2.24) is 19.7 Å². The van der Waals surface area contributed by atoms with Crippen LogP contribution in [0.5, 0.6) is 0 Å². The lowest BCUT2D eigenvalue weighted by atomic mass is 10.4. The van der Waals surface area contributed by atoms with E-state index in [2.05, 4.69) is 20.4 Å². The van der Waals surface area contributed by atoms with Crippen LogP contribution in [0.3, 0.4) is 0 Å². The molecule has 0 atom stereocenters. The van der Waals surface area contributed by atoms with Crippen molar-refractivity contribution in [2.24, 2.45) is 5.73 Å². The molecule has 0 aliphatic carbocycles. The lowest BCUT2D eigenvalue weighted by Gasteiger charge is -2.02. The lowest BCUT2D eigenvalue weighted by Crippen LogP contribution is -2.12. The molecule has 7 nitrogen and oxygen atoms in total. The van der Waals surface area contributed by atoms with Crippen molar-refractivity contribution >= 4 is 28.7 Å². The number of aromatic nitrogens is 4. The van der Waals surface area contributed by atoms with E-state index in [1.165, 1.54) is 6.20 Å². The molecule has 2 rings (SSSR count). The van der Waals surface area contributed by atoms with Crippen LogP contribution in [0, 0.1) is 0 Å². The number of nitrogens with zero attached hydrogens (tertiary/aromatic N) is 4. The number of rotatable bonds is 6. The van der Waals surface area contributed by atoms with Gasteiger partial charge in [0.15, 0.2) is 0 Å². The highest BCUT2D eigenvalue weighted by Gasteiger charge is 2.02. The fraction of sp³-hybridized carbons (Fsp3) is 0.273. The van der Waals surface area contributed by atoms with Gasteiger partial charge in [-0.25, -0.2) is 9.97 Å². The van der Waals surface area contributed by atoms with Crippen LogP contribution in [0.25, 0.3) is 0 Å². The van der Waals surface area contributed by atoms with Crippen LogP contribution in [0.4, 0.5) is 11.5 Å². The van der Waals surface area contributed by atoms with E-state index < -0.39 is 0 Å². The Bertz CT molecular complexity index is 553. The summed E-state index contributed by atoms with van der Waals surface area (Å²) >= 11 is 4.81. The first kappa shape index (κ1) is 13.4. The summed E-state index contributed by atoms with van der Waals surface area (Å²) in [6.45, 7) is 1.31. The second kappa shape index (κ2) is 6.21. The van der Waals surface area contributed by atoms with Crippen LogP contribution in [-0.4, -0.2) is 38.5 Å². The van der Waals surface area contributed by atoms with Gasteiger partial charge in [0, 0.05) is 13.3 Å². The van der Waals surface area contributed by atoms with Gasteiger partial charge in [0.2, 0.25) is 0 Å². The molecule has 0 unspecified atom stereocenters. The molecule has 8 heteroatoms. The quantitative estimate of drug-likeness (QED) is 0.751. The third kappa shape index (κ3) is 3.70. The number of hydrogen-bond donors (Lipinski definition) is 2. The number of thiocarbonyl (C=S) groups is 1. The molecule has 2 aromatic rings. The molecule has 2 heterocycles. The number of ether oxygens (including phenoxy) is 1. The van der Waals surface area contributed by atoms with Crippen LogP contribution >= 0.6 is 12.2 Å². The zero-order chi connectivity index (χ0) is 13.7. The summed E-state index contributed by atoms with van der Waals surface area (Å²) < 4.78 is 6.76. The number of methoxy groups -OCH3 is 1. The predicted octanol–water partition coefficient (Wildman–Crippen LogP) is 0.697. The van der Waals surface area contributed by atoms with E-state index in [9.17, 15) is 0 Å². The molecule has 2 aromatic heterocycles. The third-order valence-corrected chi connectivity index (χ3v) is 2.54. The highest BCUT2D eigenvalue weighted by atomic mass is 32.1.